The van der Waals surface area contributed by atoms with Gasteiger partial charge in [0.1, 0.15) is 15.4 Å². The van der Waals surface area contributed by atoms with E-state index in [2.05, 4.69) is 15.9 Å². The van der Waals surface area contributed by atoms with Crippen LogP contribution in [0.1, 0.15) is 11.3 Å². The topological polar surface area (TPSA) is 72.4 Å². The molecule has 2 aromatic heterocycles. The Morgan fingerprint density at radius 1 is 1.26 bits per heavy atom. The highest BCUT2D eigenvalue weighted by atomic mass is 79.9. The SMILES string of the molecule is Cc1cc2oc(=O)c(Br)c(O)c2c(=O)n1Cc1ccc(Cl)cc1. The van der Waals surface area contributed by atoms with E-state index >= 15 is 0 Å². The van der Waals surface area contributed by atoms with Gasteiger partial charge >= 0.3 is 5.63 Å². The van der Waals surface area contributed by atoms with Gasteiger partial charge in [0.05, 0.1) is 6.54 Å². The van der Waals surface area contributed by atoms with Crippen molar-refractivity contribution in [3.63, 3.8) is 0 Å². The van der Waals surface area contributed by atoms with Crippen molar-refractivity contribution >= 4 is 38.5 Å². The van der Waals surface area contributed by atoms with Gasteiger partial charge in [0.25, 0.3) is 5.56 Å². The van der Waals surface area contributed by atoms with Gasteiger partial charge in [-0.2, -0.15) is 0 Å². The molecule has 3 aromatic rings. The molecular formula is C16H11BrClNO4. The van der Waals surface area contributed by atoms with Gasteiger partial charge in [-0.3, -0.25) is 4.79 Å². The molecule has 0 radical (unpaired) electrons. The molecule has 1 N–H and O–H groups in total. The minimum Gasteiger partial charge on any atom is -0.506 e. The molecule has 7 heteroatoms. The second-order valence-electron chi connectivity index (χ2n) is 5.09. The fraction of sp³-hybridized carbons (Fsp3) is 0.125. The smallest absolute Gasteiger partial charge is 0.354 e. The van der Waals surface area contributed by atoms with E-state index in [1.54, 1.807) is 25.1 Å². The minimum atomic E-state index is -0.732. The second-order valence-corrected chi connectivity index (χ2v) is 6.32. The summed E-state index contributed by atoms with van der Waals surface area (Å²) in [5.74, 6) is -0.411. The van der Waals surface area contributed by atoms with Crippen molar-refractivity contribution in [1.29, 1.82) is 0 Å². The van der Waals surface area contributed by atoms with Crippen LogP contribution >= 0.6 is 27.5 Å². The van der Waals surface area contributed by atoms with Gasteiger partial charge in [-0.05, 0) is 40.5 Å². The van der Waals surface area contributed by atoms with Crippen molar-refractivity contribution in [2.24, 2.45) is 0 Å². The van der Waals surface area contributed by atoms with Crippen molar-refractivity contribution in [1.82, 2.24) is 4.57 Å². The molecule has 0 fully saturated rings. The second kappa shape index (κ2) is 5.86. The van der Waals surface area contributed by atoms with E-state index in [1.807, 2.05) is 12.1 Å². The van der Waals surface area contributed by atoms with Crippen LogP contribution < -0.4 is 11.2 Å². The summed E-state index contributed by atoms with van der Waals surface area (Å²) in [7, 11) is 0. The standard InChI is InChI=1S/C16H11BrClNO4/c1-8-6-11-12(14(20)13(17)16(22)23-11)15(21)19(8)7-9-2-4-10(18)5-3-9/h2-6,20H,7H2,1H3. The van der Waals surface area contributed by atoms with Crippen molar-refractivity contribution in [3.8, 4) is 5.75 Å². The zero-order chi connectivity index (χ0) is 16.7. The minimum absolute atomic E-state index is 0.0314. The molecule has 0 saturated carbocycles. The Balaban J connectivity index is 2.24. The maximum absolute atomic E-state index is 12.7. The summed E-state index contributed by atoms with van der Waals surface area (Å²) in [6, 6.07) is 8.68. The first-order chi connectivity index (χ1) is 10.9. The van der Waals surface area contributed by atoms with E-state index in [4.69, 9.17) is 16.0 Å². The molecule has 0 atom stereocenters. The van der Waals surface area contributed by atoms with Gasteiger partial charge in [0.2, 0.25) is 0 Å². The first-order valence-electron chi connectivity index (χ1n) is 6.68. The Bertz CT molecular complexity index is 1020. The maximum Gasteiger partial charge on any atom is 0.354 e. The molecule has 0 aliphatic carbocycles. The quantitative estimate of drug-likeness (QED) is 0.720. The summed E-state index contributed by atoms with van der Waals surface area (Å²) in [5.41, 5.74) is 0.393. The highest BCUT2D eigenvalue weighted by Gasteiger charge is 2.17. The molecular weight excluding hydrogens is 386 g/mol. The fourth-order valence-corrected chi connectivity index (χ4v) is 2.76. The van der Waals surface area contributed by atoms with Gasteiger partial charge in [-0.25, -0.2) is 4.79 Å². The lowest BCUT2D eigenvalue weighted by atomic mass is 10.2. The van der Waals surface area contributed by atoms with Crippen LogP contribution in [0.3, 0.4) is 0 Å². The summed E-state index contributed by atoms with van der Waals surface area (Å²) >= 11 is 8.79. The molecule has 0 bridgehead atoms. The van der Waals surface area contributed by atoms with E-state index in [0.717, 1.165) is 5.56 Å². The molecule has 0 aliphatic heterocycles. The lowest BCUT2D eigenvalue weighted by molar-refractivity contribution is 0.460. The van der Waals surface area contributed by atoms with Crippen LogP contribution in [0.15, 0.2) is 48.8 Å². The lowest BCUT2D eigenvalue weighted by Gasteiger charge is -2.12. The van der Waals surface area contributed by atoms with Gasteiger partial charge in [0, 0.05) is 16.8 Å². The van der Waals surface area contributed by atoms with Crippen LogP contribution in [0.2, 0.25) is 5.02 Å². The zero-order valence-corrected chi connectivity index (χ0v) is 14.3. The molecule has 0 amide bonds. The number of rotatable bonds is 2. The Morgan fingerprint density at radius 3 is 2.57 bits per heavy atom. The Hall–Kier alpha value is -2.05. The van der Waals surface area contributed by atoms with Crippen LogP contribution in [0.5, 0.6) is 5.75 Å². The van der Waals surface area contributed by atoms with Crippen LogP contribution in [0.4, 0.5) is 0 Å². The number of aromatic hydroxyl groups is 1. The monoisotopic (exact) mass is 395 g/mol. The van der Waals surface area contributed by atoms with Crippen LogP contribution in [-0.4, -0.2) is 9.67 Å². The Morgan fingerprint density at radius 2 is 1.91 bits per heavy atom. The predicted molar refractivity (Wildman–Crippen MR) is 91.4 cm³/mol. The summed E-state index contributed by atoms with van der Waals surface area (Å²) in [4.78, 5) is 24.3. The molecule has 0 aliphatic rings. The maximum atomic E-state index is 12.7. The average molecular weight is 397 g/mol. The molecule has 0 unspecified atom stereocenters. The molecule has 2 heterocycles. The van der Waals surface area contributed by atoms with E-state index in [0.29, 0.717) is 17.3 Å². The van der Waals surface area contributed by atoms with E-state index in [-0.39, 0.29) is 15.4 Å². The number of hydrogen-bond donors (Lipinski definition) is 1. The number of aryl methyl sites for hydroxylation is 1. The molecule has 118 valence electrons. The van der Waals surface area contributed by atoms with E-state index in [9.17, 15) is 14.7 Å². The first kappa shape index (κ1) is 15.8. The van der Waals surface area contributed by atoms with Gasteiger partial charge in [-0.15, -0.1) is 0 Å². The first-order valence-corrected chi connectivity index (χ1v) is 7.85. The number of hydrogen-bond acceptors (Lipinski definition) is 4. The van der Waals surface area contributed by atoms with Gasteiger partial charge in [-0.1, -0.05) is 23.7 Å². The summed E-state index contributed by atoms with van der Waals surface area (Å²) in [5, 5.41) is 10.7. The highest BCUT2D eigenvalue weighted by Crippen LogP contribution is 2.27. The molecule has 0 saturated heterocycles. The Kier molecular flexibility index (Phi) is 4.04. The van der Waals surface area contributed by atoms with Crippen LogP contribution in [0, 0.1) is 6.92 Å². The molecule has 3 rings (SSSR count). The number of benzene rings is 1. The molecule has 1 aromatic carbocycles. The number of aromatic nitrogens is 1. The number of nitrogens with zero attached hydrogens (tertiary/aromatic N) is 1. The Labute approximate surface area is 143 Å². The average Bonchev–Trinajstić information content (AvgIpc) is 2.50. The molecule has 0 spiro atoms. The highest BCUT2D eigenvalue weighted by molar-refractivity contribution is 9.10. The largest absolute Gasteiger partial charge is 0.506 e. The lowest BCUT2D eigenvalue weighted by Crippen LogP contribution is -2.23. The third kappa shape index (κ3) is 2.80. The number of fused-ring (bicyclic) bond motifs is 1. The predicted octanol–water partition coefficient (Wildman–Crippen LogP) is 3.43. The normalized spacial score (nSPS) is 11.1. The third-order valence-corrected chi connectivity index (χ3v) is 4.50. The number of halogens is 2. The third-order valence-electron chi connectivity index (χ3n) is 3.55. The summed E-state index contributed by atoms with van der Waals surface area (Å²) in [6.07, 6.45) is 0. The summed E-state index contributed by atoms with van der Waals surface area (Å²) < 4.78 is 6.40. The molecule has 5 nitrogen and oxygen atoms in total. The van der Waals surface area contributed by atoms with Crippen LogP contribution in [0.25, 0.3) is 11.0 Å². The van der Waals surface area contributed by atoms with Crippen LogP contribution in [-0.2, 0) is 6.54 Å². The summed E-state index contributed by atoms with van der Waals surface area (Å²) in [6.45, 7) is 2.05. The van der Waals surface area contributed by atoms with Gasteiger partial charge in [0.15, 0.2) is 5.75 Å². The van der Waals surface area contributed by atoms with Crippen molar-refractivity contribution in [2.45, 2.75) is 13.5 Å². The van der Waals surface area contributed by atoms with E-state index < -0.39 is 16.9 Å². The van der Waals surface area contributed by atoms with E-state index in [1.165, 1.54) is 4.57 Å². The van der Waals surface area contributed by atoms with Crippen molar-refractivity contribution < 1.29 is 9.52 Å². The van der Waals surface area contributed by atoms with Crippen molar-refractivity contribution in [3.05, 3.63) is 71.9 Å². The fourth-order valence-electron chi connectivity index (χ4n) is 2.36. The number of pyridine rings is 1. The zero-order valence-electron chi connectivity index (χ0n) is 12.0. The van der Waals surface area contributed by atoms with Gasteiger partial charge < -0.3 is 14.1 Å². The molecule has 23 heavy (non-hydrogen) atoms. The van der Waals surface area contributed by atoms with Crippen molar-refractivity contribution in [2.75, 3.05) is 0 Å².